The molecule has 0 spiro atoms. The van der Waals surface area contributed by atoms with E-state index in [0.29, 0.717) is 0 Å². The van der Waals surface area contributed by atoms with Crippen LogP contribution in [0.25, 0.3) is 0 Å². The maximum Gasteiger partial charge on any atom is 0.451 e. The number of nitrogens with zero attached hydrogens (tertiary/aromatic N) is 2. The van der Waals surface area contributed by atoms with Gasteiger partial charge in [-0.15, -0.1) is 0 Å². The molecule has 2 rings (SSSR count). The Morgan fingerprint density at radius 1 is 1.10 bits per heavy atom. The number of rotatable bonds is 3. The second kappa shape index (κ2) is 5.90. The van der Waals surface area contributed by atoms with Gasteiger partial charge in [-0.3, -0.25) is 0 Å². The molecular formula is C13H13F3N4S. The van der Waals surface area contributed by atoms with E-state index in [1.807, 2.05) is 32.0 Å². The monoisotopic (exact) mass is 314 g/mol. The quantitative estimate of drug-likeness (QED) is 0.515. The van der Waals surface area contributed by atoms with Gasteiger partial charge in [0.05, 0.1) is 0 Å². The second-order valence-electron chi connectivity index (χ2n) is 4.41. The maximum absolute atomic E-state index is 12.7. The van der Waals surface area contributed by atoms with Gasteiger partial charge in [-0.2, -0.15) is 13.2 Å². The Bertz CT molecular complexity index is 658. The first-order valence-electron chi connectivity index (χ1n) is 5.97. The van der Waals surface area contributed by atoms with Crippen molar-refractivity contribution in [2.24, 2.45) is 5.84 Å². The third-order valence-corrected chi connectivity index (χ3v) is 3.71. The summed E-state index contributed by atoms with van der Waals surface area (Å²) in [4.78, 5) is 7.64. The zero-order valence-electron chi connectivity index (χ0n) is 11.3. The molecule has 0 saturated heterocycles. The fraction of sp³-hybridized carbons (Fsp3) is 0.231. The van der Waals surface area contributed by atoms with Crippen LogP contribution < -0.4 is 11.3 Å². The Kier molecular flexibility index (Phi) is 4.38. The Morgan fingerprint density at radius 3 is 2.38 bits per heavy atom. The van der Waals surface area contributed by atoms with Crippen molar-refractivity contribution in [2.75, 3.05) is 5.43 Å². The maximum atomic E-state index is 12.7. The summed E-state index contributed by atoms with van der Waals surface area (Å²) in [6.07, 6.45) is -4.62. The van der Waals surface area contributed by atoms with E-state index in [4.69, 9.17) is 5.84 Å². The van der Waals surface area contributed by atoms with E-state index in [-0.39, 0.29) is 10.8 Å². The molecule has 4 nitrogen and oxygen atoms in total. The zero-order valence-corrected chi connectivity index (χ0v) is 12.1. The first-order chi connectivity index (χ1) is 9.79. The third-order valence-electron chi connectivity index (χ3n) is 2.80. The number of halogens is 3. The van der Waals surface area contributed by atoms with Crippen molar-refractivity contribution in [2.45, 2.75) is 29.9 Å². The Hall–Kier alpha value is -1.80. The summed E-state index contributed by atoms with van der Waals surface area (Å²) in [5, 5.41) is 0.175. The number of hydrogen-bond acceptors (Lipinski definition) is 5. The lowest BCUT2D eigenvalue weighted by atomic mass is 10.1. The summed E-state index contributed by atoms with van der Waals surface area (Å²) in [5.41, 5.74) is 4.29. The lowest BCUT2D eigenvalue weighted by Crippen LogP contribution is -2.16. The Labute approximate surface area is 124 Å². The highest BCUT2D eigenvalue weighted by molar-refractivity contribution is 7.99. The van der Waals surface area contributed by atoms with E-state index in [0.717, 1.165) is 27.8 Å². The summed E-state index contributed by atoms with van der Waals surface area (Å²) in [6.45, 7) is 3.90. The highest BCUT2D eigenvalue weighted by Crippen LogP contribution is 2.32. The predicted molar refractivity (Wildman–Crippen MR) is 74.9 cm³/mol. The summed E-state index contributed by atoms with van der Waals surface area (Å²) < 4.78 is 38.2. The van der Waals surface area contributed by atoms with E-state index >= 15 is 0 Å². The van der Waals surface area contributed by atoms with E-state index in [1.54, 1.807) is 0 Å². The van der Waals surface area contributed by atoms with E-state index in [2.05, 4.69) is 15.4 Å². The molecule has 1 aromatic carbocycles. The van der Waals surface area contributed by atoms with Gasteiger partial charge in [0.1, 0.15) is 10.8 Å². The van der Waals surface area contributed by atoms with Crippen LogP contribution in [0.4, 0.5) is 19.0 Å². The molecule has 0 atom stereocenters. The molecule has 0 saturated carbocycles. The van der Waals surface area contributed by atoms with Crippen LogP contribution in [0.15, 0.2) is 34.2 Å². The van der Waals surface area contributed by atoms with Gasteiger partial charge in [-0.05, 0) is 37.1 Å². The molecule has 0 unspecified atom stereocenters. The van der Waals surface area contributed by atoms with Gasteiger partial charge in [0, 0.05) is 11.0 Å². The average molecular weight is 314 g/mol. The van der Waals surface area contributed by atoms with Crippen LogP contribution in [0.2, 0.25) is 0 Å². The largest absolute Gasteiger partial charge is 0.451 e. The number of nitrogen functional groups attached to an aromatic ring is 1. The van der Waals surface area contributed by atoms with E-state index < -0.39 is 12.0 Å². The van der Waals surface area contributed by atoms with Gasteiger partial charge in [0.15, 0.2) is 0 Å². The molecule has 1 heterocycles. The highest BCUT2D eigenvalue weighted by Gasteiger charge is 2.35. The number of anilines is 1. The van der Waals surface area contributed by atoms with Crippen LogP contribution in [0, 0.1) is 13.8 Å². The van der Waals surface area contributed by atoms with Gasteiger partial charge in [0.2, 0.25) is 5.82 Å². The number of aromatic nitrogens is 2. The smallest absolute Gasteiger partial charge is 0.308 e. The molecule has 0 radical (unpaired) electrons. The van der Waals surface area contributed by atoms with Gasteiger partial charge in [-0.25, -0.2) is 15.8 Å². The topological polar surface area (TPSA) is 63.8 Å². The predicted octanol–water partition coefficient (Wildman–Crippen LogP) is 3.55. The molecule has 0 fully saturated rings. The first kappa shape index (κ1) is 15.6. The molecule has 0 aliphatic heterocycles. The molecule has 1 aromatic heterocycles. The molecule has 112 valence electrons. The standard InChI is InChI=1S/C13H13F3N4S/c1-7-3-4-9(5-8(7)2)21-11-6-10(20-17)18-12(19-11)13(14,15)16/h3-6H,17H2,1-2H3,(H,18,19,20). The van der Waals surface area contributed by atoms with Crippen LogP contribution in [0.1, 0.15) is 17.0 Å². The van der Waals surface area contributed by atoms with Crippen molar-refractivity contribution >= 4 is 17.6 Å². The molecule has 0 aliphatic rings. The van der Waals surface area contributed by atoms with Crippen LogP contribution in [0.3, 0.4) is 0 Å². The number of alkyl halides is 3. The third kappa shape index (κ3) is 3.85. The van der Waals surface area contributed by atoms with Crippen molar-refractivity contribution in [1.82, 2.24) is 9.97 Å². The minimum Gasteiger partial charge on any atom is -0.308 e. The van der Waals surface area contributed by atoms with Crippen LogP contribution in [-0.4, -0.2) is 9.97 Å². The van der Waals surface area contributed by atoms with Gasteiger partial charge in [0.25, 0.3) is 0 Å². The second-order valence-corrected chi connectivity index (χ2v) is 5.50. The van der Waals surface area contributed by atoms with Gasteiger partial charge in [-0.1, -0.05) is 17.8 Å². The highest BCUT2D eigenvalue weighted by atomic mass is 32.2. The molecule has 0 aliphatic carbocycles. The van der Waals surface area contributed by atoms with Crippen LogP contribution in [0.5, 0.6) is 0 Å². The lowest BCUT2D eigenvalue weighted by Gasteiger charge is -2.10. The number of aryl methyl sites for hydroxylation is 2. The van der Waals surface area contributed by atoms with Crippen LogP contribution >= 0.6 is 11.8 Å². The number of nitrogens with one attached hydrogen (secondary N) is 1. The molecule has 21 heavy (non-hydrogen) atoms. The van der Waals surface area contributed by atoms with Crippen molar-refractivity contribution in [3.63, 3.8) is 0 Å². The molecular weight excluding hydrogens is 301 g/mol. The zero-order chi connectivity index (χ0) is 15.6. The van der Waals surface area contributed by atoms with E-state index in [9.17, 15) is 13.2 Å². The lowest BCUT2D eigenvalue weighted by molar-refractivity contribution is -0.145. The average Bonchev–Trinajstić information content (AvgIpc) is 2.41. The molecule has 8 heteroatoms. The van der Waals surface area contributed by atoms with E-state index in [1.165, 1.54) is 6.07 Å². The van der Waals surface area contributed by atoms with Crippen molar-refractivity contribution in [3.8, 4) is 0 Å². The fourth-order valence-corrected chi connectivity index (χ4v) is 2.49. The Morgan fingerprint density at radius 2 is 1.81 bits per heavy atom. The number of nitrogens with two attached hydrogens (primary N) is 1. The normalized spacial score (nSPS) is 11.5. The summed E-state index contributed by atoms with van der Waals surface area (Å²) in [7, 11) is 0. The van der Waals surface area contributed by atoms with Crippen molar-refractivity contribution < 1.29 is 13.2 Å². The number of benzene rings is 1. The molecule has 0 bridgehead atoms. The first-order valence-corrected chi connectivity index (χ1v) is 6.79. The molecule has 2 aromatic rings. The minimum absolute atomic E-state index is 0.0799. The number of hydrazine groups is 1. The summed E-state index contributed by atoms with van der Waals surface area (Å²) >= 11 is 1.12. The van der Waals surface area contributed by atoms with Crippen molar-refractivity contribution in [1.29, 1.82) is 0 Å². The fourth-order valence-electron chi connectivity index (χ4n) is 1.58. The molecule has 3 N–H and O–H groups in total. The summed E-state index contributed by atoms with van der Waals surface area (Å²) in [5.74, 6) is 3.85. The van der Waals surface area contributed by atoms with Crippen LogP contribution in [-0.2, 0) is 6.18 Å². The van der Waals surface area contributed by atoms with Gasteiger partial charge < -0.3 is 5.43 Å². The minimum atomic E-state index is -4.62. The van der Waals surface area contributed by atoms with Crippen molar-refractivity contribution in [3.05, 3.63) is 41.2 Å². The number of hydrogen-bond donors (Lipinski definition) is 2. The summed E-state index contributed by atoms with van der Waals surface area (Å²) in [6, 6.07) is 7.00. The van der Waals surface area contributed by atoms with Gasteiger partial charge >= 0.3 is 6.18 Å². The molecule has 0 amide bonds. The SMILES string of the molecule is Cc1ccc(Sc2cc(NN)nc(C(F)(F)F)n2)cc1C. The Balaban J connectivity index is 2.36.